The Kier molecular flexibility index (Phi) is 8.05. The molecule has 12 heteroatoms. The van der Waals surface area contributed by atoms with Gasteiger partial charge in [0, 0.05) is 24.3 Å². The highest BCUT2D eigenvalue weighted by Gasteiger charge is 2.55. The lowest BCUT2D eigenvalue weighted by atomic mass is 9.92. The van der Waals surface area contributed by atoms with Crippen LogP contribution in [0, 0.1) is 6.92 Å². The van der Waals surface area contributed by atoms with E-state index in [9.17, 15) is 13.2 Å². The quantitative estimate of drug-likeness (QED) is 0.455. The van der Waals surface area contributed by atoms with Crippen molar-refractivity contribution in [3.05, 3.63) is 47.3 Å². The van der Waals surface area contributed by atoms with Crippen molar-refractivity contribution in [1.29, 1.82) is 0 Å². The predicted octanol–water partition coefficient (Wildman–Crippen LogP) is 3.09. The second-order valence-corrected chi connectivity index (χ2v) is 19.4. The minimum Gasteiger partial charge on any atom is -0.415 e. The van der Waals surface area contributed by atoms with Gasteiger partial charge in [0.05, 0.1) is 30.3 Å². The van der Waals surface area contributed by atoms with Crippen LogP contribution in [-0.2, 0) is 36.9 Å². The molecule has 40 heavy (non-hydrogen) atoms. The number of aromatic nitrogens is 2. The summed E-state index contributed by atoms with van der Waals surface area (Å²) in [5, 5.41) is 11.1. The number of carbonyl (C=O) groups excluding carboxylic acids is 1. The van der Waals surface area contributed by atoms with Crippen molar-refractivity contribution in [3.63, 3.8) is 0 Å². The summed E-state index contributed by atoms with van der Waals surface area (Å²) in [6, 6.07) is 6.03. The second-order valence-electron chi connectivity index (χ2n) is 12.7. The maximum atomic E-state index is 13.5. The molecule has 2 aliphatic heterocycles. The van der Waals surface area contributed by atoms with Crippen LogP contribution in [0.5, 0.6) is 0 Å². The first kappa shape index (κ1) is 29.4. The summed E-state index contributed by atoms with van der Waals surface area (Å²) in [6.45, 7) is 15.1. The van der Waals surface area contributed by atoms with Crippen LogP contribution in [0.15, 0.2) is 35.4 Å². The molecular weight excluding hydrogens is 546 g/mol. The Morgan fingerprint density at radius 1 is 1.25 bits per heavy atom. The largest absolute Gasteiger partial charge is 0.415 e. The highest BCUT2D eigenvalue weighted by molar-refractivity contribution is 7.89. The minimum atomic E-state index is -3.77. The number of amides is 1. The molecule has 1 aromatic heterocycles. The summed E-state index contributed by atoms with van der Waals surface area (Å²) in [7, 11) is -5.61. The predicted molar refractivity (Wildman–Crippen MR) is 155 cm³/mol. The first-order valence-corrected chi connectivity index (χ1v) is 18.6. The zero-order chi connectivity index (χ0) is 28.9. The maximum absolute atomic E-state index is 13.5. The lowest BCUT2D eigenvalue weighted by Crippen LogP contribution is -2.75. The van der Waals surface area contributed by atoms with Crippen molar-refractivity contribution >= 4 is 24.2 Å². The number of sulfonamides is 1. The highest BCUT2D eigenvalue weighted by atomic mass is 32.2. The van der Waals surface area contributed by atoms with Gasteiger partial charge in [-0.15, -0.1) is 0 Å². The third kappa shape index (κ3) is 5.54. The van der Waals surface area contributed by atoms with Crippen LogP contribution in [0.3, 0.4) is 0 Å². The van der Waals surface area contributed by atoms with Crippen molar-refractivity contribution in [1.82, 2.24) is 24.7 Å². The molecule has 2 N–H and O–H groups in total. The Bertz CT molecular complexity index is 1340. The van der Waals surface area contributed by atoms with Gasteiger partial charge >= 0.3 is 0 Å². The van der Waals surface area contributed by atoms with Crippen molar-refractivity contribution in [2.75, 3.05) is 19.7 Å². The third-order valence-electron chi connectivity index (χ3n) is 8.96. The average Bonchev–Trinajstić information content (AvgIpc) is 3.28. The molecule has 10 nitrogen and oxygen atoms in total. The van der Waals surface area contributed by atoms with E-state index in [0.717, 1.165) is 36.1 Å². The van der Waals surface area contributed by atoms with Crippen LogP contribution >= 0.6 is 0 Å². The van der Waals surface area contributed by atoms with E-state index in [0.29, 0.717) is 19.7 Å². The minimum absolute atomic E-state index is 0.150. The average molecular weight is 590 g/mol. The zero-order valence-corrected chi connectivity index (χ0v) is 26.3. The first-order valence-electron chi connectivity index (χ1n) is 14.3. The number of piperazine rings is 1. The van der Waals surface area contributed by atoms with E-state index in [1.165, 1.54) is 4.31 Å². The van der Waals surface area contributed by atoms with Crippen LogP contribution in [0.25, 0.3) is 0 Å². The van der Waals surface area contributed by atoms with E-state index in [1.807, 2.05) is 17.8 Å². The number of benzene rings is 1. The molecule has 1 aliphatic carbocycles. The number of hydrogen-bond donors (Lipinski definition) is 2. The summed E-state index contributed by atoms with van der Waals surface area (Å²) >= 11 is 0. The van der Waals surface area contributed by atoms with Gasteiger partial charge < -0.3 is 14.5 Å². The smallest absolute Gasteiger partial charge is 0.251 e. The number of rotatable bonds is 8. The molecule has 0 radical (unpaired) electrons. The molecule has 1 amide bonds. The summed E-state index contributed by atoms with van der Waals surface area (Å²) in [4.78, 5) is 13.7. The topological polar surface area (TPSA) is 115 Å². The van der Waals surface area contributed by atoms with Gasteiger partial charge in [0.15, 0.2) is 14.4 Å². The molecule has 220 valence electrons. The molecule has 4 unspecified atom stereocenters. The Labute approximate surface area is 239 Å². The molecule has 0 saturated carbocycles. The van der Waals surface area contributed by atoms with Gasteiger partial charge in [-0.2, -0.15) is 9.40 Å². The molecular formula is C28H43N5O5SSi. The SMILES string of the molecule is Cc1ccc(S(=O)(=O)N2CCNC3OC(C(=O)NC4CCCc5c4cnn5CCO[Si](C)(C)C(C)(C)C)C32)cc1. The molecule has 3 aliphatic rings. The van der Waals surface area contributed by atoms with Crippen molar-refractivity contribution in [2.45, 2.75) is 101 Å². The van der Waals surface area contributed by atoms with Gasteiger partial charge in [-0.3, -0.25) is 14.8 Å². The van der Waals surface area contributed by atoms with E-state index in [4.69, 9.17) is 9.16 Å². The lowest BCUT2D eigenvalue weighted by Gasteiger charge is -2.51. The number of nitrogens with one attached hydrogen (secondary N) is 2. The fourth-order valence-corrected chi connectivity index (χ4v) is 8.15. The standard InChI is InChI=1S/C28H43N5O5SSi/c1-19-10-12-20(13-11-19)39(35,36)33-15-14-29-27-24(33)25(38-27)26(34)31-22-8-7-9-23-21(22)18-30-32(23)16-17-37-40(5,6)28(2,3)4/h10-13,18,22,24-25,27,29H,7-9,14-17H2,1-6H3,(H,31,34). The maximum Gasteiger partial charge on any atom is 0.251 e. The Morgan fingerprint density at radius 2 is 1.98 bits per heavy atom. The molecule has 0 bridgehead atoms. The first-order chi connectivity index (χ1) is 18.8. The highest BCUT2D eigenvalue weighted by Crippen LogP contribution is 2.37. The molecule has 2 fully saturated rings. The normalized spacial score (nSPS) is 25.6. The van der Waals surface area contributed by atoms with Crippen LogP contribution < -0.4 is 10.6 Å². The van der Waals surface area contributed by atoms with Crippen LogP contribution in [0.1, 0.15) is 56.5 Å². The van der Waals surface area contributed by atoms with Crippen LogP contribution in [0.4, 0.5) is 0 Å². The van der Waals surface area contributed by atoms with Gasteiger partial charge in [-0.05, 0) is 56.5 Å². The number of hydrogen-bond acceptors (Lipinski definition) is 7. The van der Waals surface area contributed by atoms with Gasteiger partial charge in [0.2, 0.25) is 10.0 Å². The second kappa shape index (κ2) is 11.0. The molecule has 3 heterocycles. The zero-order valence-electron chi connectivity index (χ0n) is 24.4. The van der Waals surface area contributed by atoms with Gasteiger partial charge in [-0.25, -0.2) is 8.42 Å². The van der Waals surface area contributed by atoms with Crippen LogP contribution in [-0.4, -0.2) is 74.8 Å². The monoisotopic (exact) mass is 589 g/mol. The summed E-state index contributed by atoms with van der Waals surface area (Å²) in [5.41, 5.74) is 3.14. The fraction of sp³-hybridized carbons (Fsp3) is 0.643. The summed E-state index contributed by atoms with van der Waals surface area (Å²) < 4.78 is 42.7. The molecule has 5 rings (SSSR count). The molecule has 2 saturated heterocycles. The summed E-state index contributed by atoms with van der Waals surface area (Å²) in [6.07, 6.45) is 3.10. The number of aryl methyl sites for hydroxylation is 1. The number of carbonyl (C=O) groups is 1. The van der Waals surface area contributed by atoms with Crippen molar-refractivity contribution in [3.8, 4) is 0 Å². The molecule has 2 aromatic rings. The molecule has 0 spiro atoms. The van der Waals surface area contributed by atoms with E-state index >= 15 is 0 Å². The lowest BCUT2D eigenvalue weighted by molar-refractivity contribution is -0.207. The van der Waals surface area contributed by atoms with Gasteiger partial charge in [-0.1, -0.05) is 38.5 Å². The Hall–Kier alpha value is -2.09. The number of ether oxygens (including phenoxy) is 1. The third-order valence-corrected chi connectivity index (χ3v) is 15.4. The number of nitrogens with zero attached hydrogens (tertiary/aromatic N) is 3. The van der Waals surface area contributed by atoms with E-state index in [1.54, 1.807) is 24.3 Å². The van der Waals surface area contributed by atoms with Crippen molar-refractivity contribution < 1.29 is 22.4 Å². The van der Waals surface area contributed by atoms with E-state index in [2.05, 4.69) is 49.6 Å². The summed E-state index contributed by atoms with van der Waals surface area (Å²) in [5.74, 6) is -0.291. The molecule has 4 atom stereocenters. The van der Waals surface area contributed by atoms with E-state index in [-0.39, 0.29) is 28.4 Å². The van der Waals surface area contributed by atoms with Gasteiger partial charge in [0.25, 0.3) is 5.91 Å². The Balaban J connectivity index is 1.25. The van der Waals surface area contributed by atoms with Gasteiger partial charge in [0.1, 0.15) is 12.3 Å². The fourth-order valence-electron chi connectivity index (χ4n) is 5.49. The number of fused-ring (bicyclic) bond motifs is 2. The van der Waals surface area contributed by atoms with Crippen LogP contribution in [0.2, 0.25) is 18.1 Å². The van der Waals surface area contributed by atoms with Crippen molar-refractivity contribution in [2.24, 2.45) is 0 Å². The van der Waals surface area contributed by atoms with E-state index < -0.39 is 36.7 Å². The molecule has 1 aromatic carbocycles. The Morgan fingerprint density at radius 3 is 2.67 bits per heavy atom.